The Morgan fingerprint density at radius 1 is 1.12 bits per heavy atom. The second-order valence-electron chi connectivity index (χ2n) is 12.3. The number of aryl methyl sites for hydroxylation is 2. The van der Waals surface area contributed by atoms with E-state index in [-0.39, 0.29) is 36.1 Å². The van der Waals surface area contributed by atoms with Crippen molar-refractivity contribution in [1.29, 1.82) is 0 Å². The Labute approximate surface area is 294 Å². The molecule has 0 aliphatic heterocycles. The van der Waals surface area contributed by atoms with Crippen LogP contribution in [0.3, 0.4) is 0 Å². The molecule has 1 aromatic heterocycles. The summed E-state index contributed by atoms with van der Waals surface area (Å²) in [4.78, 5) is 30.9. The Bertz CT molecular complexity index is 2040. The van der Waals surface area contributed by atoms with Crippen LogP contribution in [-0.2, 0) is 37.6 Å². The second kappa shape index (κ2) is 13.9. The van der Waals surface area contributed by atoms with E-state index in [9.17, 15) is 40.7 Å². The van der Waals surface area contributed by atoms with Crippen molar-refractivity contribution in [2.24, 2.45) is 18.9 Å². The lowest BCUT2D eigenvalue weighted by Crippen LogP contribution is -2.48. The summed E-state index contributed by atoms with van der Waals surface area (Å²) in [5.41, 5.74) is 0.279. The number of amides is 1. The van der Waals surface area contributed by atoms with Gasteiger partial charge in [0.05, 0.1) is 44.7 Å². The predicted octanol–water partition coefficient (Wildman–Crippen LogP) is 7.22. The van der Waals surface area contributed by atoms with Gasteiger partial charge in [0.25, 0.3) is 10.0 Å². The molecule has 0 saturated heterocycles. The Balaban J connectivity index is 1.45. The molecule has 4 aromatic rings. The predicted molar refractivity (Wildman–Crippen MR) is 182 cm³/mol. The van der Waals surface area contributed by atoms with Gasteiger partial charge in [-0.05, 0) is 80.3 Å². The lowest BCUT2D eigenvalue weighted by atomic mass is 9.67. The number of carboxylic acid groups (broad SMARTS) is 1. The Kier molecular flexibility index (Phi) is 10.4. The summed E-state index contributed by atoms with van der Waals surface area (Å²) in [6.45, 7) is 3.95. The monoisotopic (exact) mass is 782 g/mol. The molecule has 50 heavy (non-hydrogen) atoms. The minimum Gasteiger partial charge on any atom is -0.481 e. The van der Waals surface area contributed by atoms with Crippen LogP contribution < -0.4 is 9.62 Å². The molecule has 1 heterocycles. The molecule has 5 rings (SSSR count). The zero-order valence-corrected chi connectivity index (χ0v) is 29.9. The number of rotatable bonds is 10. The highest BCUT2D eigenvalue weighted by molar-refractivity contribution is 9.10. The number of alkyl halides is 4. The van der Waals surface area contributed by atoms with E-state index < -0.39 is 67.4 Å². The van der Waals surface area contributed by atoms with Crippen LogP contribution in [0.1, 0.15) is 49.1 Å². The number of ether oxygens (including phenoxy) is 1. The molecule has 0 spiro atoms. The molecule has 10 nitrogen and oxygen atoms in total. The molecule has 268 valence electrons. The quantitative estimate of drug-likeness (QED) is 0.128. The number of hydrogen-bond acceptors (Lipinski definition) is 6. The number of carboxylic acids is 1. The number of benzene rings is 3. The van der Waals surface area contributed by atoms with Crippen molar-refractivity contribution in [2.75, 3.05) is 23.3 Å². The minimum absolute atomic E-state index is 0.0309. The molecule has 2 N–H and O–H groups in total. The summed E-state index contributed by atoms with van der Waals surface area (Å²) in [6, 6.07) is 12.5. The van der Waals surface area contributed by atoms with Gasteiger partial charge in [0.1, 0.15) is 16.2 Å². The third-order valence-electron chi connectivity index (χ3n) is 9.08. The van der Waals surface area contributed by atoms with Crippen LogP contribution in [0.5, 0.6) is 0 Å². The van der Waals surface area contributed by atoms with Gasteiger partial charge in [0.2, 0.25) is 5.91 Å². The van der Waals surface area contributed by atoms with Crippen LogP contribution in [0.25, 0.3) is 11.0 Å². The van der Waals surface area contributed by atoms with Crippen molar-refractivity contribution >= 4 is 60.2 Å². The molecule has 0 radical (unpaired) electrons. The molecule has 16 heteroatoms. The first kappa shape index (κ1) is 37.2. The van der Waals surface area contributed by atoms with Crippen LogP contribution in [0.15, 0.2) is 65.6 Å². The maximum Gasteiger partial charge on any atom is 0.416 e. The van der Waals surface area contributed by atoms with Gasteiger partial charge in [-0.3, -0.25) is 13.9 Å². The van der Waals surface area contributed by atoms with E-state index in [1.807, 2.05) is 25.5 Å². The van der Waals surface area contributed by atoms with Crippen molar-refractivity contribution in [2.45, 2.75) is 54.6 Å². The number of aliphatic carboxylic acids is 1. The fraction of sp³-hybridized carbons (Fsp3) is 0.382. The first-order chi connectivity index (χ1) is 23.4. The normalized spacial score (nSPS) is 21.3. The number of fused-ring (bicyclic) bond motifs is 1. The smallest absolute Gasteiger partial charge is 0.416 e. The van der Waals surface area contributed by atoms with Crippen LogP contribution in [-0.4, -0.2) is 53.1 Å². The van der Waals surface area contributed by atoms with Gasteiger partial charge in [-0.1, -0.05) is 35.0 Å². The van der Waals surface area contributed by atoms with Gasteiger partial charge in [0, 0.05) is 26.6 Å². The average Bonchev–Trinajstić information content (AvgIpc) is 3.35. The van der Waals surface area contributed by atoms with Gasteiger partial charge in [-0.25, -0.2) is 17.8 Å². The Hall–Kier alpha value is -4.02. The number of carbonyl (C=O) groups is 2. The van der Waals surface area contributed by atoms with E-state index in [2.05, 4.69) is 26.2 Å². The highest BCUT2D eigenvalue weighted by Gasteiger charge is 2.52. The first-order valence-corrected chi connectivity index (χ1v) is 17.8. The van der Waals surface area contributed by atoms with Gasteiger partial charge >= 0.3 is 12.1 Å². The van der Waals surface area contributed by atoms with Gasteiger partial charge in [0.15, 0.2) is 0 Å². The van der Waals surface area contributed by atoms with E-state index in [1.165, 1.54) is 31.3 Å². The van der Waals surface area contributed by atoms with Gasteiger partial charge in [-0.2, -0.15) is 13.2 Å². The van der Waals surface area contributed by atoms with Crippen molar-refractivity contribution in [3.05, 3.63) is 83.4 Å². The summed E-state index contributed by atoms with van der Waals surface area (Å²) >= 11 is 3.58. The maximum absolute atomic E-state index is 14.7. The van der Waals surface area contributed by atoms with Crippen molar-refractivity contribution in [3.8, 4) is 0 Å². The summed E-state index contributed by atoms with van der Waals surface area (Å²) < 4.78 is 89.0. The number of nitrogens with zero attached hydrogens (tertiary/aromatic N) is 3. The van der Waals surface area contributed by atoms with Crippen LogP contribution >= 0.6 is 15.9 Å². The SMILES string of the molecule is CCCO[C@@]1(Br)C[C@H](C(=O)Nc2ccc(C(F)(F)F)cc2F)[C@@H](C(=O)O)[C@H](c2ccc(N(C)S(=O)(=O)c3ccc4c(c3)nc(C)n4C)cc2)C1. The summed E-state index contributed by atoms with van der Waals surface area (Å²) in [5, 5.41) is 12.7. The summed E-state index contributed by atoms with van der Waals surface area (Å²) in [6.07, 6.45) is -4.22. The van der Waals surface area contributed by atoms with Crippen molar-refractivity contribution in [1.82, 2.24) is 9.55 Å². The molecule has 1 amide bonds. The molecule has 0 unspecified atom stereocenters. The molecule has 1 aliphatic carbocycles. The lowest BCUT2D eigenvalue weighted by molar-refractivity contribution is -0.152. The number of anilines is 2. The van der Waals surface area contributed by atoms with Crippen LogP contribution in [0, 0.1) is 24.6 Å². The standard InChI is InChI=1S/C34H35BrF4N4O6S/c1-5-14-49-33(35)17-24(30(32(45)46)25(18-33)31(44)41-27-12-8-21(15-26(27)36)34(37,38)39)20-6-9-22(10-7-20)43(4)50(47,48)23-11-13-29-28(16-23)40-19(2)42(29)3/h6-13,15-16,24-25,30H,5,14,17-18H2,1-4H3,(H,41,44)(H,45,46)/t24-,25-,30-,33+/m0/s1. The molecule has 0 bridgehead atoms. The Morgan fingerprint density at radius 3 is 2.40 bits per heavy atom. The van der Waals surface area contributed by atoms with E-state index in [0.29, 0.717) is 23.6 Å². The highest BCUT2D eigenvalue weighted by atomic mass is 79.9. The maximum atomic E-state index is 14.7. The number of halogens is 5. The van der Waals surface area contributed by atoms with E-state index in [1.54, 1.807) is 18.2 Å². The van der Waals surface area contributed by atoms with E-state index in [4.69, 9.17) is 4.74 Å². The average molecular weight is 784 g/mol. The highest BCUT2D eigenvalue weighted by Crippen LogP contribution is 2.51. The van der Waals surface area contributed by atoms with Crippen LogP contribution in [0.2, 0.25) is 0 Å². The number of sulfonamides is 1. The Morgan fingerprint density at radius 2 is 1.80 bits per heavy atom. The molecular weight excluding hydrogens is 748 g/mol. The molecular formula is C34H35BrF4N4O6S. The number of aromatic nitrogens is 2. The third-order valence-corrected chi connectivity index (χ3v) is 11.7. The van der Waals surface area contributed by atoms with Gasteiger partial charge in [-0.15, -0.1) is 0 Å². The molecule has 3 aromatic carbocycles. The molecule has 1 fully saturated rings. The minimum atomic E-state index is -4.80. The van der Waals surface area contributed by atoms with Crippen LogP contribution in [0.4, 0.5) is 28.9 Å². The molecule has 1 saturated carbocycles. The number of hydrogen-bond donors (Lipinski definition) is 2. The van der Waals surface area contributed by atoms with Crippen molar-refractivity contribution < 1.29 is 45.4 Å². The zero-order chi connectivity index (χ0) is 36.8. The number of carbonyl (C=O) groups excluding carboxylic acids is 1. The molecule has 4 atom stereocenters. The van der Waals surface area contributed by atoms with E-state index >= 15 is 0 Å². The molecule has 1 aliphatic rings. The first-order valence-electron chi connectivity index (χ1n) is 15.6. The number of nitrogens with one attached hydrogen (secondary N) is 1. The van der Waals surface area contributed by atoms with Crippen molar-refractivity contribution in [3.63, 3.8) is 0 Å². The number of imidazole rings is 1. The lowest BCUT2D eigenvalue weighted by Gasteiger charge is -2.44. The fourth-order valence-corrected chi connectivity index (χ4v) is 8.39. The topological polar surface area (TPSA) is 131 Å². The third kappa shape index (κ3) is 7.37. The zero-order valence-electron chi connectivity index (χ0n) is 27.5. The van der Waals surface area contributed by atoms with Gasteiger partial charge < -0.3 is 19.7 Å². The second-order valence-corrected chi connectivity index (χ2v) is 15.7. The van der Waals surface area contributed by atoms with E-state index in [0.717, 1.165) is 21.7 Å². The largest absolute Gasteiger partial charge is 0.481 e. The summed E-state index contributed by atoms with van der Waals surface area (Å²) in [5.74, 6) is -6.36. The fourth-order valence-electron chi connectivity index (χ4n) is 6.31. The summed E-state index contributed by atoms with van der Waals surface area (Å²) in [7, 11) is -0.805.